The number of amides is 1. The predicted molar refractivity (Wildman–Crippen MR) is 134 cm³/mol. The first-order chi connectivity index (χ1) is 17.8. The lowest BCUT2D eigenvalue weighted by atomic mass is 9.92. The fraction of sp³-hybridized carbons (Fsp3) is 0.393. The lowest BCUT2D eigenvalue weighted by Crippen LogP contribution is -2.31. The summed E-state index contributed by atoms with van der Waals surface area (Å²) < 4.78 is 35.4. The normalized spacial score (nSPS) is 22.4. The van der Waals surface area contributed by atoms with Gasteiger partial charge >= 0.3 is 0 Å². The summed E-state index contributed by atoms with van der Waals surface area (Å²) in [4.78, 5) is 19.6. The van der Waals surface area contributed by atoms with E-state index in [9.17, 15) is 18.7 Å². The van der Waals surface area contributed by atoms with Gasteiger partial charge in [0, 0.05) is 29.8 Å². The summed E-state index contributed by atoms with van der Waals surface area (Å²) in [6, 6.07) is 9.33. The van der Waals surface area contributed by atoms with Crippen LogP contribution in [0.4, 0.5) is 14.5 Å². The number of aromatic nitrogens is 3. The highest BCUT2D eigenvalue weighted by Crippen LogP contribution is 2.42. The molecule has 0 spiro atoms. The Morgan fingerprint density at radius 1 is 1.00 bits per heavy atom. The summed E-state index contributed by atoms with van der Waals surface area (Å²) in [7, 11) is 0. The van der Waals surface area contributed by atoms with Crippen LogP contribution in [0, 0.1) is 25.5 Å². The molecule has 9 heteroatoms. The third kappa shape index (κ3) is 4.01. The Morgan fingerprint density at radius 2 is 1.78 bits per heavy atom. The van der Waals surface area contributed by atoms with Gasteiger partial charge in [-0.05, 0) is 75.8 Å². The molecule has 0 unspecified atom stereocenters. The molecule has 1 amide bonds. The summed E-state index contributed by atoms with van der Waals surface area (Å²) in [6.45, 7) is 3.78. The zero-order valence-corrected chi connectivity index (χ0v) is 20.7. The monoisotopic (exact) mass is 506 g/mol. The van der Waals surface area contributed by atoms with Gasteiger partial charge in [0.05, 0.1) is 28.9 Å². The number of benzene rings is 2. The molecule has 0 bridgehead atoms. The van der Waals surface area contributed by atoms with Crippen molar-refractivity contribution >= 4 is 22.6 Å². The van der Waals surface area contributed by atoms with E-state index in [1.54, 1.807) is 4.90 Å². The number of anilines is 1. The lowest BCUT2D eigenvalue weighted by molar-refractivity contribution is -0.117. The molecule has 4 aromatic rings. The van der Waals surface area contributed by atoms with E-state index >= 15 is 0 Å². The quantitative estimate of drug-likeness (QED) is 0.371. The van der Waals surface area contributed by atoms with E-state index in [2.05, 4.69) is 9.72 Å². The lowest BCUT2D eigenvalue weighted by Gasteiger charge is -2.31. The van der Waals surface area contributed by atoms with E-state index < -0.39 is 17.7 Å². The van der Waals surface area contributed by atoms with Crippen LogP contribution in [0.15, 0.2) is 40.9 Å². The number of aliphatic hydroxyl groups excluding tert-OH is 1. The van der Waals surface area contributed by atoms with Gasteiger partial charge in [-0.2, -0.15) is 0 Å². The minimum atomic E-state index is -0.991. The van der Waals surface area contributed by atoms with Crippen molar-refractivity contribution in [2.45, 2.75) is 70.6 Å². The number of aliphatic hydroxyl groups is 1. The first kappa shape index (κ1) is 23.8. The van der Waals surface area contributed by atoms with Crippen LogP contribution in [0.1, 0.15) is 67.9 Å². The topological polar surface area (TPSA) is 84.4 Å². The second kappa shape index (κ2) is 9.06. The molecule has 2 aromatic heterocycles. The molecule has 2 aliphatic rings. The van der Waals surface area contributed by atoms with E-state index in [1.807, 2.05) is 32.0 Å². The van der Waals surface area contributed by atoms with Crippen LogP contribution >= 0.6 is 0 Å². The van der Waals surface area contributed by atoms with Crippen molar-refractivity contribution in [2.75, 3.05) is 4.90 Å². The van der Waals surface area contributed by atoms with Crippen molar-refractivity contribution in [2.24, 2.45) is 0 Å². The van der Waals surface area contributed by atoms with Gasteiger partial charge in [0.15, 0.2) is 11.6 Å². The predicted octanol–water partition coefficient (Wildman–Crippen LogP) is 5.93. The largest absolute Gasteiger partial charge is 0.393 e. The number of imidazole rings is 1. The molecular formula is C28H28F2N4O3. The number of carbonyl (C=O) groups excluding carboxylic acids is 1. The first-order valence-electron chi connectivity index (χ1n) is 12.7. The maximum Gasteiger partial charge on any atom is 0.227 e. The minimum absolute atomic E-state index is 0.107. The molecule has 2 fully saturated rings. The summed E-state index contributed by atoms with van der Waals surface area (Å²) in [6.07, 6.45) is 3.46. The number of nitrogens with zero attached hydrogens (tertiary/aromatic N) is 4. The zero-order chi connectivity index (χ0) is 25.8. The van der Waals surface area contributed by atoms with Crippen LogP contribution in [0.3, 0.4) is 0 Å². The number of fused-ring (bicyclic) bond motifs is 1. The molecule has 2 aromatic carbocycles. The Hall–Kier alpha value is -3.59. The van der Waals surface area contributed by atoms with Crippen molar-refractivity contribution < 1.29 is 23.2 Å². The fourth-order valence-electron chi connectivity index (χ4n) is 5.99. The van der Waals surface area contributed by atoms with Crippen LogP contribution < -0.4 is 4.90 Å². The molecule has 1 saturated heterocycles. The highest BCUT2D eigenvalue weighted by atomic mass is 19.2. The molecular weight excluding hydrogens is 478 g/mol. The minimum Gasteiger partial charge on any atom is -0.393 e. The van der Waals surface area contributed by atoms with Gasteiger partial charge in [-0.25, -0.2) is 13.8 Å². The highest BCUT2D eigenvalue weighted by molar-refractivity contribution is 5.96. The highest BCUT2D eigenvalue weighted by Gasteiger charge is 2.38. The summed E-state index contributed by atoms with van der Waals surface area (Å²) >= 11 is 0. The number of aryl methyl sites for hydroxylation is 2. The number of hydrogen-bond acceptors (Lipinski definition) is 5. The Bertz CT molecular complexity index is 1480. The van der Waals surface area contributed by atoms with Crippen LogP contribution in [-0.2, 0) is 4.79 Å². The zero-order valence-electron chi connectivity index (χ0n) is 20.7. The fourth-order valence-corrected chi connectivity index (χ4v) is 5.99. The van der Waals surface area contributed by atoms with Gasteiger partial charge in [-0.15, -0.1) is 0 Å². The molecule has 6 rings (SSSR count). The molecule has 192 valence electrons. The van der Waals surface area contributed by atoms with Crippen molar-refractivity contribution in [3.8, 4) is 11.1 Å². The van der Waals surface area contributed by atoms with Gasteiger partial charge in [0.25, 0.3) is 0 Å². The molecule has 3 heterocycles. The van der Waals surface area contributed by atoms with Gasteiger partial charge in [-0.1, -0.05) is 11.2 Å². The smallest absolute Gasteiger partial charge is 0.227 e. The Balaban J connectivity index is 1.50. The van der Waals surface area contributed by atoms with Crippen LogP contribution in [0.5, 0.6) is 0 Å². The third-order valence-corrected chi connectivity index (χ3v) is 7.76. The van der Waals surface area contributed by atoms with Gasteiger partial charge in [0.2, 0.25) is 5.91 Å². The molecule has 1 N–H and O–H groups in total. The van der Waals surface area contributed by atoms with Crippen LogP contribution in [0.25, 0.3) is 22.2 Å². The molecule has 7 nitrogen and oxygen atoms in total. The Labute approximate surface area is 212 Å². The second-order valence-electron chi connectivity index (χ2n) is 10.1. The Kier molecular flexibility index (Phi) is 5.82. The number of hydrogen-bond donors (Lipinski definition) is 1. The Morgan fingerprint density at radius 3 is 2.49 bits per heavy atom. The molecule has 0 radical (unpaired) electrons. The van der Waals surface area contributed by atoms with Crippen molar-refractivity contribution in [3.63, 3.8) is 0 Å². The summed E-state index contributed by atoms with van der Waals surface area (Å²) in [5.41, 5.74) is 4.71. The molecule has 37 heavy (non-hydrogen) atoms. The average Bonchev–Trinajstić information content (AvgIpc) is 3.55. The molecule has 1 aliphatic heterocycles. The standard InChI is InChI=1S/C28H28F2N4O3/c1-15-27(16(2)37-32-15)17-3-10-24-23(13-17)31-28(34(24)18-4-7-20(35)8-5-18)25-11-12-26(36)33(25)19-6-9-21(29)22(30)14-19/h3,6,9-10,13-14,18,20,25,35H,4-5,7-8,11-12H2,1-2H3/t18-,20-,25-/m0/s1. The number of halogens is 2. The maximum absolute atomic E-state index is 14.1. The molecule has 1 atom stereocenters. The summed E-state index contributed by atoms with van der Waals surface area (Å²) in [5, 5.41) is 14.2. The second-order valence-corrected chi connectivity index (χ2v) is 10.1. The van der Waals surface area contributed by atoms with E-state index in [4.69, 9.17) is 9.51 Å². The van der Waals surface area contributed by atoms with Crippen molar-refractivity contribution in [1.29, 1.82) is 0 Å². The average molecular weight is 507 g/mol. The van der Waals surface area contributed by atoms with E-state index in [-0.39, 0.29) is 18.1 Å². The number of carbonyl (C=O) groups is 1. The van der Waals surface area contributed by atoms with E-state index in [0.717, 1.165) is 64.4 Å². The van der Waals surface area contributed by atoms with Gasteiger partial charge in [0.1, 0.15) is 11.6 Å². The van der Waals surface area contributed by atoms with E-state index in [0.29, 0.717) is 31.4 Å². The van der Waals surface area contributed by atoms with Crippen LogP contribution in [0.2, 0.25) is 0 Å². The maximum atomic E-state index is 14.1. The number of rotatable bonds is 4. The van der Waals surface area contributed by atoms with Gasteiger partial charge in [-0.3, -0.25) is 4.79 Å². The summed E-state index contributed by atoms with van der Waals surface area (Å²) in [5.74, 6) is -0.640. The van der Waals surface area contributed by atoms with Gasteiger partial charge < -0.3 is 19.1 Å². The molecule has 1 aliphatic carbocycles. The SMILES string of the molecule is Cc1noc(C)c1-c1ccc2c(c1)nc([C@@H]1CCC(=O)N1c1ccc(F)c(F)c1)n2[C@H]1CC[C@H](O)CC1. The van der Waals surface area contributed by atoms with Crippen LogP contribution in [-0.4, -0.2) is 31.8 Å². The van der Waals surface area contributed by atoms with Crippen molar-refractivity contribution in [3.05, 3.63) is 65.3 Å². The third-order valence-electron chi connectivity index (χ3n) is 7.76. The first-order valence-corrected chi connectivity index (χ1v) is 12.7. The van der Waals surface area contributed by atoms with E-state index in [1.165, 1.54) is 6.07 Å². The van der Waals surface area contributed by atoms with Crippen molar-refractivity contribution in [1.82, 2.24) is 14.7 Å². The molecule has 1 saturated carbocycles.